The molecule has 0 bridgehead atoms. The molecule has 9 heteroatoms. The van der Waals surface area contributed by atoms with Gasteiger partial charge in [-0.2, -0.15) is 17.5 Å². The number of nitrogens with one attached hydrogen (secondary N) is 1. The lowest BCUT2D eigenvalue weighted by Crippen LogP contribution is -2.35. The number of nitrogens with zero attached hydrogens (tertiary/aromatic N) is 1. The van der Waals surface area contributed by atoms with Crippen molar-refractivity contribution < 1.29 is 21.6 Å². The zero-order chi connectivity index (χ0) is 14.7. The van der Waals surface area contributed by atoms with Crippen LogP contribution in [0.15, 0.2) is 16.3 Å². The van der Waals surface area contributed by atoms with Crippen molar-refractivity contribution in [2.75, 3.05) is 27.2 Å². The third-order valence-corrected chi connectivity index (χ3v) is 5.74. The first kappa shape index (κ1) is 16.4. The highest BCUT2D eigenvalue weighted by Crippen LogP contribution is 2.26. The first-order valence-corrected chi connectivity index (χ1v) is 7.69. The Hall–Kier alpha value is -0.640. The largest absolute Gasteiger partial charge is 0.402 e. The molecule has 0 spiro atoms. The van der Waals surface area contributed by atoms with Gasteiger partial charge in [-0.25, -0.2) is 8.42 Å². The quantitative estimate of drug-likeness (QED) is 0.869. The fourth-order valence-corrected chi connectivity index (χ4v) is 4.09. The van der Waals surface area contributed by atoms with Crippen LogP contribution in [0.25, 0.3) is 0 Å². The topological polar surface area (TPSA) is 49.4 Å². The molecule has 1 aromatic rings. The van der Waals surface area contributed by atoms with E-state index in [1.807, 2.05) is 0 Å². The maximum atomic E-state index is 12.2. The fraction of sp³-hybridized carbons (Fsp3) is 0.600. The van der Waals surface area contributed by atoms with Gasteiger partial charge in [-0.15, -0.1) is 11.3 Å². The summed E-state index contributed by atoms with van der Waals surface area (Å²) in [5.41, 5.74) is 0. The Balaban J connectivity index is 2.85. The van der Waals surface area contributed by atoms with Crippen molar-refractivity contribution in [3.8, 4) is 0 Å². The second-order valence-corrected chi connectivity index (χ2v) is 7.39. The highest BCUT2D eigenvalue weighted by molar-refractivity contribution is 7.91. The zero-order valence-electron chi connectivity index (χ0n) is 10.5. The first-order chi connectivity index (χ1) is 8.66. The molecule has 1 N–H and O–H groups in total. The molecule has 0 aliphatic heterocycles. The molecule has 0 radical (unpaired) electrons. The summed E-state index contributed by atoms with van der Waals surface area (Å²) in [5.74, 6) is 0. The van der Waals surface area contributed by atoms with Crippen molar-refractivity contribution in [1.29, 1.82) is 0 Å². The Morgan fingerprint density at radius 2 is 2.00 bits per heavy atom. The predicted molar refractivity (Wildman–Crippen MR) is 67.8 cm³/mol. The monoisotopic (exact) mass is 316 g/mol. The van der Waals surface area contributed by atoms with Crippen LogP contribution in [0.4, 0.5) is 13.2 Å². The number of hydrogen-bond acceptors (Lipinski definition) is 4. The highest BCUT2D eigenvalue weighted by Gasteiger charge is 2.35. The molecule has 0 unspecified atom stereocenters. The van der Waals surface area contributed by atoms with Crippen molar-refractivity contribution in [1.82, 2.24) is 9.62 Å². The van der Waals surface area contributed by atoms with Gasteiger partial charge < -0.3 is 5.32 Å². The van der Waals surface area contributed by atoms with Gasteiger partial charge in [0.1, 0.15) is 10.8 Å². The van der Waals surface area contributed by atoms with Gasteiger partial charge >= 0.3 is 6.18 Å². The van der Waals surface area contributed by atoms with Gasteiger partial charge in [-0.1, -0.05) is 0 Å². The fourth-order valence-electron chi connectivity index (χ4n) is 1.37. The van der Waals surface area contributed by atoms with Crippen LogP contribution >= 0.6 is 11.3 Å². The van der Waals surface area contributed by atoms with E-state index in [1.165, 1.54) is 6.07 Å². The number of likely N-dealkylation sites (N-methyl/N-ethyl adjacent to an activating group) is 1. The second kappa shape index (κ2) is 6.21. The molecule has 0 atom stereocenters. The highest BCUT2D eigenvalue weighted by atomic mass is 32.2. The van der Waals surface area contributed by atoms with Crippen molar-refractivity contribution in [3.05, 3.63) is 17.0 Å². The lowest BCUT2D eigenvalue weighted by Gasteiger charge is -2.17. The van der Waals surface area contributed by atoms with Crippen LogP contribution in [0.2, 0.25) is 0 Å². The van der Waals surface area contributed by atoms with Crippen LogP contribution in [0.3, 0.4) is 0 Å². The molecule has 0 saturated carbocycles. The smallest absolute Gasteiger partial charge is 0.319 e. The summed E-state index contributed by atoms with van der Waals surface area (Å²) in [6.45, 7) is -0.808. The van der Waals surface area contributed by atoms with Crippen LogP contribution < -0.4 is 5.32 Å². The Kier molecular flexibility index (Phi) is 5.36. The SMILES string of the molecule is CNCCc1ccc(S(=O)(=O)N(C)CC(F)(F)F)s1. The van der Waals surface area contributed by atoms with Gasteiger partial charge in [0.05, 0.1) is 0 Å². The minimum absolute atomic E-state index is 0.0645. The summed E-state index contributed by atoms with van der Waals surface area (Å²) in [6, 6.07) is 2.97. The van der Waals surface area contributed by atoms with Gasteiger partial charge in [0, 0.05) is 11.9 Å². The van der Waals surface area contributed by atoms with Gasteiger partial charge in [-0.05, 0) is 32.1 Å². The molecule has 0 aromatic carbocycles. The molecular weight excluding hydrogens is 301 g/mol. The van der Waals surface area contributed by atoms with Crippen LogP contribution in [0.5, 0.6) is 0 Å². The summed E-state index contributed by atoms with van der Waals surface area (Å²) in [6.07, 6.45) is -3.91. The van der Waals surface area contributed by atoms with E-state index in [4.69, 9.17) is 0 Å². The van der Waals surface area contributed by atoms with E-state index in [1.54, 1.807) is 13.1 Å². The van der Waals surface area contributed by atoms with Gasteiger partial charge in [0.15, 0.2) is 0 Å². The Morgan fingerprint density at radius 3 is 2.53 bits per heavy atom. The van der Waals surface area contributed by atoms with E-state index in [2.05, 4.69) is 5.32 Å². The number of rotatable bonds is 6. The van der Waals surface area contributed by atoms with Crippen LogP contribution in [0, 0.1) is 0 Å². The Bertz CT molecular complexity index is 511. The normalized spacial score (nSPS) is 13.2. The minimum Gasteiger partial charge on any atom is -0.319 e. The predicted octanol–water partition coefficient (Wildman–Crippen LogP) is 1.69. The summed E-state index contributed by atoms with van der Waals surface area (Å²) in [7, 11) is -1.37. The lowest BCUT2D eigenvalue weighted by atomic mass is 10.3. The summed E-state index contributed by atoms with van der Waals surface area (Å²) in [5, 5.41) is 2.92. The summed E-state index contributed by atoms with van der Waals surface area (Å²) >= 11 is 0.997. The number of hydrogen-bond donors (Lipinski definition) is 1. The van der Waals surface area contributed by atoms with Crippen molar-refractivity contribution >= 4 is 21.4 Å². The van der Waals surface area contributed by atoms with Crippen molar-refractivity contribution in [2.24, 2.45) is 0 Å². The molecule has 0 fully saturated rings. The molecule has 4 nitrogen and oxygen atoms in total. The third-order valence-electron chi connectivity index (χ3n) is 2.32. The average Bonchev–Trinajstić information content (AvgIpc) is 2.73. The molecule has 110 valence electrons. The number of thiophene rings is 1. The lowest BCUT2D eigenvalue weighted by molar-refractivity contribution is -0.134. The summed E-state index contributed by atoms with van der Waals surface area (Å²) < 4.78 is 60.7. The van der Waals surface area contributed by atoms with E-state index in [9.17, 15) is 21.6 Å². The van der Waals surface area contributed by atoms with Crippen LogP contribution in [-0.4, -0.2) is 46.1 Å². The molecule has 1 aromatic heterocycles. The standard InChI is InChI=1S/C10H15F3N2O2S2/c1-14-6-5-8-3-4-9(18-8)19(16,17)15(2)7-10(11,12)13/h3-4,14H,5-7H2,1-2H3. The van der Waals surface area contributed by atoms with Gasteiger partial charge in [0.25, 0.3) is 10.0 Å². The number of halogens is 3. The molecule has 0 amide bonds. The molecule has 1 rings (SSSR count). The average molecular weight is 316 g/mol. The van der Waals surface area contributed by atoms with E-state index in [-0.39, 0.29) is 4.21 Å². The number of alkyl halides is 3. The maximum absolute atomic E-state index is 12.2. The molecule has 0 aliphatic carbocycles. The second-order valence-electron chi connectivity index (χ2n) is 3.95. The van der Waals surface area contributed by atoms with E-state index < -0.39 is 22.7 Å². The van der Waals surface area contributed by atoms with Crippen molar-refractivity contribution in [2.45, 2.75) is 16.8 Å². The Morgan fingerprint density at radius 1 is 1.37 bits per heavy atom. The van der Waals surface area contributed by atoms with Gasteiger partial charge in [-0.3, -0.25) is 0 Å². The van der Waals surface area contributed by atoms with Crippen LogP contribution in [0.1, 0.15) is 4.88 Å². The van der Waals surface area contributed by atoms with Crippen molar-refractivity contribution in [3.63, 3.8) is 0 Å². The molecule has 19 heavy (non-hydrogen) atoms. The van der Waals surface area contributed by atoms with E-state index >= 15 is 0 Å². The van der Waals surface area contributed by atoms with Gasteiger partial charge in [0.2, 0.25) is 0 Å². The van der Waals surface area contributed by atoms with E-state index in [0.717, 1.165) is 23.3 Å². The van der Waals surface area contributed by atoms with E-state index in [0.29, 0.717) is 17.3 Å². The number of sulfonamides is 1. The first-order valence-electron chi connectivity index (χ1n) is 5.43. The molecule has 1 heterocycles. The molecule has 0 aliphatic rings. The third kappa shape index (κ3) is 4.75. The summed E-state index contributed by atoms with van der Waals surface area (Å²) in [4.78, 5) is 0.813. The van der Waals surface area contributed by atoms with Crippen LogP contribution in [-0.2, 0) is 16.4 Å². The minimum atomic E-state index is -4.55. The zero-order valence-corrected chi connectivity index (χ0v) is 12.1. The molecular formula is C10H15F3N2O2S2. The Labute approximate surface area is 114 Å². The molecule has 0 saturated heterocycles. The maximum Gasteiger partial charge on any atom is 0.402 e.